The summed E-state index contributed by atoms with van der Waals surface area (Å²) in [6, 6.07) is 1.76. The molecule has 0 aliphatic carbocycles. The fraction of sp³-hybridized carbons (Fsp3) is 0.769. The van der Waals surface area contributed by atoms with Gasteiger partial charge in [-0.2, -0.15) is 0 Å². The molecule has 1 aromatic rings. The molecule has 1 rings (SSSR count). The second-order valence-electron chi connectivity index (χ2n) is 8.45. The highest BCUT2D eigenvalue weighted by molar-refractivity contribution is 5.58. The van der Waals surface area contributed by atoms with Crippen LogP contribution in [0.2, 0.25) is 0 Å². The van der Waals surface area contributed by atoms with E-state index in [1.54, 1.807) is 6.07 Å². The molecule has 0 amide bonds. The summed E-state index contributed by atoms with van der Waals surface area (Å²) < 4.78 is 6.06. The number of phenolic OH excluding ortho intramolecular Hbond substituents is 2. The van der Waals surface area contributed by atoms with E-state index >= 15 is 0 Å². The number of hydrogen-bond donors (Lipinski definition) is 2. The number of phenols is 2. The van der Waals surface area contributed by atoms with Crippen LogP contribution in [0.4, 0.5) is 0 Å². The molecule has 0 fully saturated rings. The number of rotatable bonds is 18. The maximum Gasteiger partial charge on any atom is 0.200 e. The summed E-state index contributed by atoms with van der Waals surface area (Å²) in [5.74, 6) is 0.424. The lowest BCUT2D eigenvalue weighted by Crippen LogP contribution is -2.05. The van der Waals surface area contributed by atoms with Crippen molar-refractivity contribution in [2.24, 2.45) is 0 Å². The Morgan fingerprint density at radius 3 is 1.79 bits per heavy atom. The average Bonchev–Trinajstić information content (AvgIpc) is 2.71. The molecule has 168 valence electrons. The van der Waals surface area contributed by atoms with Crippen molar-refractivity contribution in [3.05, 3.63) is 17.2 Å². The summed E-state index contributed by atoms with van der Waals surface area (Å²) >= 11 is 0. The lowest BCUT2D eigenvalue weighted by molar-refractivity contribution is 0.279. The zero-order valence-corrected chi connectivity index (χ0v) is 19.4. The van der Waals surface area contributed by atoms with Crippen molar-refractivity contribution in [1.29, 1.82) is 0 Å². The van der Waals surface area contributed by atoms with Gasteiger partial charge in [-0.3, -0.25) is 0 Å². The maximum atomic E-state index is 10.5. The van der Waals surface area contributed by atoms with Gasteiger partial charge in [-0.15, -0.1) is 0 Å². The van der Waals surface area contributed by atoms with Crippen LogP contribution in [-0.2, 0) is 12.8 Å². The predicted octanol–water partition coefficient (Wildman–Crippen LogP) is 8.08. The van der Waals surface area contributed by atoms with E-state index in [0.29, 0.717) is 12.4 Å². The quantitative estimate of drug-likeness (QED) is 0.191. The van der Waals surface area contributed by atoms with E-state index in [2.05, 4.69) is 20.8 Å². The van der Waals surface area contributed by atoms with Crippen LogP contribution in [-0.4, -0.2) is 16.8 Å². The first-order valence-electron chi connectivity index (χ1n) is 12.3. The summed E-state index contributed by atoms with van der Waals surface area (Å²) in [4.78, 5) is 0. The molecule has 29 heavy (non-hydrogen) atoms. The second-order valence-corrected chi connectivity index (χ2v) is 8.45. The summed E-state index contributed by atoms with van der Waals surface area (Å²) in [6.45, 7) is 7.27. The Labute approximate surface area is 179 Å². The standard InChI is InChI=1S/C26H46O3/c1-4-7-10-11-12-13-14-17-20-29-26-23(19-16-9-6-3)22(18-15-8-5-2)21-24(27)25(26)28/h21,27-28H,4-20H2,1-3H3. The molecule has 2 N–H and O–H groups in total. The van der Waals surface area contributed by atoms with Crippen LogP contribution in [0.5, 0.6) is 17.2 Å². The summed E-state index contributed by atoms with van der Waals surface area (Å²) in [7, 11) is 0. The van der Waals surface area contributed by atoms with E-state index in [0.717, 1.165) is 43.2 Å². The lowest BCUT2D eigenvalue weighted by atomic mass is 9.95. The SMILES string of the molecule is CCCCCCCCCCOc1c(O)c(O)cc(CCCCC)c1CCCCC. The van der Waals surface area contributed by atoms with Gasteiger partial charge in [-0.25, -0.2) is 0 Å². The zero-order chi connectivity index (χ0) is 21.3. The van der Waals surface area contributed by atoms with Crippen molar-refractivity contribution < 1.29 is 14.9 Å². The molecular formula is C26H46O3. The van der Waals surface area contributed by atoms with Crippen molar-refractivity contribution in [2.75, 3.05) is 6.61 Å². The molecule has 0 bridgehead atoms. The Bertz CT molecular complexity index is 539. The fourth-order valence-electron chi connectivity index (χ4n) is 3.91. The number of benzene rings is 1. The Hall–Kier alpha value is -1.38. The van der Waals surface area contributed by atoms with Gasteiger partial charge in [0.25, 0.3) is 0 Å². The average molecular weight is 407 g/mol. The van der Waals surface area contributed by atoms with Crippen molar-refractivity contribution >= 4 is 0 Å². The highest BCUT2D eigenvalue weighted by atomic mass is 16.5. The first-order chi connectivity index (χ1) is 14.2. The molecule has 0 heterocycles. The smallest absolute Gasteiger partial charge is 0.200 e. The third kappa shape index (κ3) is 10.3. The largest absolute Gasteiger partial charge is 0.504 e. The molecule has 0 atom stereocenters. The van der Waals surface area contributed by atoms with E-state index in [1.165, 1.54) is 70.6 Å². The summed E-state index contributed by atoms with van der Waals surface area (Å²) in [6.07, 6.45) is 18.8. The number of aromatic hydroxyl groups is 2. The van der Waals surface area contributed by atoms with Gasteiger partial charge >= 0.3 is 0 Å². The van der Waals surface area contributed by atoms with E-state index in [4.69, 9.17) is 4.74 Å². The van der Waals surface area contributed by atoms with Crippen LogP contribution in [0, 0.1) is 0 Å². The molecule has 0 unspecified atom stereocenters. The highest BCUT2D eigenvalue weighted by Crippen LogP contribution is 2.42. The molecule has 3 nitrogen and oxygen atoms in total. The molecule has 3 heteroatoms. The molecule has 0 aliphatic heterocycles. The Balaban J connectivity index is 2.66. The Kier molecular flexibility index (Phi) is 14.5. The summed E-state index contributed by atoms with van der Waals surface area (Å²) in [5.41, 5.74) is 2.26. The maximum absolute atomic E-state index is 10.5. The van der Waals surface area contributed by atoms with Gasteiger partial charge in [0.15, 0.2) is 11.5 Å². The molecule has 0 saturated carbocycles. The molecule has 0 aromatic heterocycles. The van der Waals surface area contributed by atoms with Crippen LogP contribution < -0.4 is 4.74 Å². The molecule has 0 radical (unpaired) electrons. The minimum Gasteiger partial charge on any atom is -0.504 e. The number of aryl methyl sites for hydroxylation is 1. The third-order valence-electron chi connectivity index (χ3n) is 5.75. The van der Waals surface area contributed by atoms with Crippen LogP contribution in [0.3, 0.4) is 0 Å². The zero-order valence-electron chi connectivity index (χ0n) is 19.4. The molecule has 0 aliphatic rings. The van der Waals surface area contributed by atoms with Gasteiger partial charge in [0.1, 0.15) is 0 Å². The van der Waals surface area contributed by atoms with Gasteiger partial charge in [0.2, 0.25) is 5.75 Å². The first kappa shape index (κ1) is 25.7. The van der Waals surface area contributed by atoms with E-state index in [1.807, 2.05) is 0 Å². The van der Waals surface area contributed by atoms with Crippen LogP contribution in [0.25, 0.3) is 0 Å². The van der Waals surface area contributed by atoms with E-state index < -0.39 is 0 Å². The van der Waals surface area contributed by atoms with Gasteiger partial charge in [0, 0.05) is 5.56 Å². The van der Waals surface area contributed by atoms with Crippen molar-refractivity contribution in [3.8, 4) is 17.2 Å². The van der Waals surface area contributed by atoms with Crippen LogP contribution in [0.1, 0.15) is 122 Å². The predicted molar refractivity (Wildman–Crippen MR) is 124 cm³/mol. The minimum absolute atomic E-state index is 0.0401. The first-order valence-corrected chi connectivity index (χ1v) is 12.3. The number of ether oxygens (including phenoxy) is 1. The Morgan fingerprint density at radius 2 is 1.17 bits per heavy atom. The molecular weight excluding hydrogens is 360 g/mol. The third-order valence-corrected chi connectivity index (χ3v) is 5.75. The van der Waals surface area contributed by atoms with Crippen LogP contribution in [0.15, 0.2) is 6.07 Å². The molecule has 0 saturated heterocycles. The van der Waals surface area contributed by atoms with E-state index in [9.17, 15) is 10.2 Å². The fourth-order valence-corrected chi connectivity index (χ4v) is 3.91. The van der Waals surface area contributed by atoms with E-state index in [-0.39, 0.29) is 11.5 Å². The molecule has 0 spiro atoms. The van der Waals surface area contributed by atoms with Gasteiger partial charge in [-0.1, -0.05) is 91.4 Å². The minimum atomic E-state index is -0.0738. The second kappa shape index (κ2) is 16.4. The summed E-state index contributed by atoms with van der Waals surface area (Å²) in [5, 5.41) is 20.7. The molecule has 1 aromatic carbocycles. The van der Waals surface area contributed by atoms with Gasteiger partial charge in [0.05, 0.1) is 6.61 Å². The van der Waals surface area contributed by atoms with Crippen molar-refractivity contribution in [2.45, 2.75) is 124 Å². The lowest BCUT2D eigenvalue weighted by Gasteiger charge is -2.18. The van der Waals surface area contributed by atoms with Gasteiger partial charge < -0.3 is 14.9 Å². The number of hydrogen-bond acceptors (Lipinski definition) is 3. The Morgan fingerprint density at radius 1 is 0.655 bits per heavy atom. The topological polar surface area (TPSA) is 49.7 Å². The monoisotopic (exact) mass is 406 g/mol. The number of unbranched alkanes of at least 4 members (excludes halogenated alkanes) is 11. The van der Waals surface area contributed by atoms with Crippen molar-refractivity contribution in [1.82, 2.24) is 0 Å². The highest BCUT2D eigenvalue weighted by Gasteiger charge is 2.18. The van der Waals surface area contributed by atoms with Crippen LogP contribution >= 0.6 is 0 Å². The normalized spacial score (nSPS) is 11.1. The van der Waals surface area contributed by atoms with Gasteiger partial charge in [-0.05, 0) is 43.7 Å². The van der Waals surface area contributed by atoms with Crippen molar-refractivity contribution in [3.63, 3.8) is 0 Å².